The Hall–Kier alpha value is -2.79. The summed E-state index contributed by atoms with van der Waals surface area (Å²) in [5.41, 5.74) is 2.27. The number of aliphatic hydroxyl groups is 1. The molecule has 0 unspecified atom stereocenters. The number of ether oxygens (including phenoxy) is 1. The lowest BCUT2D eigenvalue weighted by Crippen LogP contribution is -2.55. The molecule has 2 amide bonds. The maximum absolute atomic E-state index is 15.7. The van der Waals surface area contributed by atoms with Gasteiger partial charge in [-0.25, -0.2) is 0 Å². The van der Waals surface area contributed by atoms with Crippen LogP contribution in [0.1, 0.15) is 51.0 Å². The standard InChI is InChI=1S/C35H49FN4O4Si/c1-25-30(44-31(33(25)45(2,3)36)22-32(42)38-20-8-13-29(38)23-41)15-14-26-9-7-12-28(21-26)39-24-40(27-10-5-4-6-11-27)35(34(39)43)16-18-37-19-17-35/h4-7,9-12,21,25,29-31,33,37,41H,8,13-20,22-24H2,1-3H3/t25-,29+,30+,31-,33+/m1/s1. The summed E-state index contributed by atoms with van der Waals surface area (Å²) < 4.78 is 22.2. The van der Waals surface area contributed by atoms with Crippen LogP contribution in [0.4, 0.5) is 15.5 Å². The fraction of sp³-hybridized carbons (Fsp3) is 0.600. The van der Waals surface area contributed by atoms with Crippen molar-refractivity contribution in [2.75, 3.05) is 42.7 Å². The second-order valence-electron chi connectivity index (χ2n) is 14.1. The number of amides is 2. The fourth-order valence-corrected chi connectivity index (χ4v) is 11.1. The highest BCUT2D eigenvalue weighted by atomic mass is 28.4. The lowest BCUT2D eigenvalue weighted by molar-refractivity contribution is -0.135. The number of benzene rings is 2. The van der Waals surface area contributed by atoms with E-state index in [4.69, 9.17) is 4.74 Å². The second kappa shape index (κ2) is 13.1. The van der Waals surface area contributed by atoms with Gasteiger partial charge in [-0.2, -0.15) is 0 Å². The first-order chi connectivity index (χ1) is 21.6. The molecule has 10 heteroatoms. The number of para-hydroxylation sites is 1. The van der Waals surface area contributed by atoms with Crippen molar-refractivity contribution in [3.63, 3.8) is 0 Å². The van der Waals surface area contributed by atoms with E-state index < -0.39 is 20.1 Å². The van der Waals surface area contributed by atoms with Crippen LogP contribution in [0.25, 0.3) is 0 Å². The summed E-state index contributed by atoms with van der Waals surface area (Å²) in [6, 6.07) is 18.4. The molecule has 2 N–H and O–H groups in total. The van der Waals surface area contributed by atoms with Crippen LogP contribution in [0.5, 0.6) is 0 Å². The van der Waals surface area contributed by atoms with Crippen LogP contribution < -0.4 is 15.1 Å². The van der Waals surface area contributed by atoms with Crippen LogP contribution in [0, 0.1) is 5.92 Å². The molecule has 6 rings (SSSR count). The largest absolute Gasteiger partial charge is 0.394 e. The van der Waals surface area contributed by atoms with Crippen LogP contribution in [0.2, 0.25) is 18.6 Å². The molecule has 4 heterocycles. The summed E-state index contributed by atoms with van der Waals surface area (Å²) in [6.07, 6.45) is 4.28. The van der Waals surface area contributed by atoms with Crippen molar-refractivity contribution >= 4 is 31.6 Å². The Morgan fingerprint density at radius 2 is 1.82 bits per heavy atom. The van der Waals surface area contributed by atoms with Crippen LogP contribution in [0.15, 0.2) is 54.6 Å². The minimum absolute atomic E-state index is 0.00391. The van der Waals surface area contributed by atoms with E-state index in [2.05, 4.69) is 41.4 Å². The second-order valence-corrected chi connectivity index (χ2v) is 17.9. The fourth-order valence-electron chi connectivity index (χ4n) is 8.58. The molecular formula is C35H49FN4O4Si. The molecule has 2 aromatic carbocycles. The number of nitrogens with one attached hydrogen (secondary N) is 1. The molecule has 45 heavy (non-hydrogen) atoms. The predicted molar refractivity (Wildman–Crippen MR) is 177 cm³/mol. The van der Waals surface area contributed by atoms with Gasteiger partial charge in [-0.05, 0) is 100 Å². The summed E-state index contributed by atoms with van der Waals surface area (Å²) in [7, 11) is -3.12. The number of nitrogens with zero attached hydrogens (tertiary/aromatic N) is 3. The van der Waals surface area contributed by atoms with E-state index >= 15 is 4.11 Å². The number of aliphatic hydroxyl groups excluding tert-OH is 1. The number of aryl methyl sites for hydroxylation is 1. The molecule has 4 saturated heterocycles. The van der Waals surface area contributed by atoms with Crippen LogP contribution in [-0.2, 0) is 20.7 Å². The topological polar surface area (TPSA) is 85.4 Å². The first kappa shape index (κ1) is 32.2. The van der Waals surface area contributed by atoms with Gasteiger partial charge in [0.05, 0.1) is 37.9 Å². The number of anilines is 2. The minimum atomic E-state index is -3.12. The number of piperidine rings is 1. The maximum Gasteiger partial charge on any atom is 0.254 e. The van der Waals surface area contributed by atoms with E-state index in [-0.39, 0.29) is 48.4 Å². The van der Waals surface area contributed by atoms with Crippen LogP contribution in [0.3, 0.4) is 0 Å². The smallest absolute Gasteiger partial charge is 0.254 e. The highest BCUT2D eigenvalue weighted by Gasteiger charge is 2.54. The third-order valence-electron chi connectivity index (χ3n) is 10.9. The van der Waals surface area contributed by atoms with Gasteiger partial charge < -0.3 is 29.1 Å². The Labute approximate surface area is 268 Å². The van der Waals surface area contributed by atoms with E-state index in [0.29, 0.717) is 13.2 Å². The van der Waals surface area contributed by atoms with E-state index in [9.17, 15) is 14.7 Å². The van der Waals surface area contributed by atoms with E-state index in [1.54, 1.807) is 18.0 Å². The SMILES string of the molecule is C[C@H]1[C@H]([Si](C)(C)F)[C@@H](CC(=O)N2CCC[C@H]2CO)O[C@H]1CCc1cccc(N2CN(c3ccccc3)C3(CCNCC3)C2=O)c1. The minimum Gasteiger partial charge on any atom is -0.394 e. The van der Waals surface area contributed by atoms with Crippen molar-refractivity contribution in [1.29, 1.82) is 0 Å². The van der Waals surface area contributed by atoms with Crippen molar-refractivity contribution in [3.8, 4) is 0 Å². The first-order valence-corrected chi connectivity index (χ1v) is 19.8. The Bertz CT molecular complexity index is 1350. The summed E-state index contributed by atoms with van der Waals surface area (Å²) in [5, 5.41) is 13.1. The van der Waals surface area contributed by atoms with Gasteiger partial charge >= 0.3 is 0 Å². The number of halogens is 1. The molecule has 1 spiro atoms. The Morgan fingerprint density at radius 1 is 1.09 bits per heavy atom. The molecule has 244 valence electrons. The van der Waals surface area contributed by atoms with Gasteiger partial charge in [0.2, 0.25) is 14.3 Å². The Balaban J connectivity index is 1.15. The molecule has 0 saturated carbocycles. The van der Waals surface area contributed by atoms with Gasteiger partial charge in [-0.1, -0.05) is 37.3 Å². The third-order valence-corrected chi connectivity index (χ3v) is 13.3. The van der Waals surface area contributed by atoms with Gasteiger partial charge in [0.25, 0.3) is 5.91 Å². The van der Waals surface area contributed by atoms with Crippen molar-refractivity contribution in [2.24, 2.45) is 5.92 Å². The molecule has 0 aromatic heterocycles. The molecular weight excluding hydrogens is 587 g/mol. The van der Waals surface area contributed by atoms with Gasteiger partial charge in [0.15, 0.2) is 0 Å². The van der Waals surface area contributed by atoms with Crippen LogP contribution >= 0.6 is 0 Å². The molecule has 0 aliphatic carbocycles. The third kappa shape index (κ3) is 6.31. The lowest BCUT2D eigenvalue weighted by atomic mass is 9.86. The van der Waals surface area contributed by atoms with E-state index in [1.165, 1.54) is 0 Å². The quantitative estimate of drug-likeness (QED) is 0.302. The van der Waals surface area contributed by atoms with Crippen molar-refractivity contribution in [2.45, 2.75) is 94.3 Å². The highest BCUT2D eigenvalue weighted by molar-refractivity contribution is 6.72. The summed E-state index contributed by atoms with van der Waals surface area (Å²) in [6.45, 7) is 8.29. The van der Waals surface area contributed by atoms with Gasteiger partial charge in [0.1, 0.15) is 5.54 Å². The summed E-state index contributed by atoms with van der Waals surface area (Å²) >= 11 is 0. The molecule has 4 aliphatic heterocycles. The molecule has 5 atom stereocenters. The summed E-state index contributed by atoms with van der Waals surface area (Å²) in [4.78, 5) is 33.4. The number of carbonyl (C=O) groups excluding carboxylic acids is 2. The average Bonchev–Trinajstić information content (AvgIpc) is 3.72. The highest BCUT2D eigenvalue weighted by Crippen LogP contribution is 2.47. The zero-order chi connectivity index (χ0) is 31.8. The van der Waals surface area contributed by atoms with Crippen molar-refractivity contribution in [3.05, 3.63) is 60.2 Å². The van der Waals surface area contributed by atoms with Crippen LogP contribution in [-0.4, -0.2) is 86.9 Å². The number of carbonyl (C=O) groups is 2. The average molecular weight is 637 g/mol. The molecule has 0 bridgehead atoms. The predicted octanol–water partition coefficient (Wildman–Crippen LogP) is 4.87. The molecule has 2 aromatic rings. The number of hydrogen-bond donors (Lipinski definition) is 2. The maximum atomic E-state index is 15.7. The monoisotopic (exact) mass is 636 g/mol. The zero-order valence-electron chi connectivity index (χ0n) is 27.0. The molecule has 4 aliphatic rings. The van der Waals surface area contributed by atoms with E-state index in [1.807, 2.05) is 35.2 Å². The zero-order valence-corrected chi connectivity index (χ0v) is 28.0. The van der Waals surface area contributed by atoms with Gasteiger partial charge in [-0.3, -0.25) is 14.5 Å². The number of likely N-dealkylation sites (tertiary alicyclic amines) is 1. The number of rotatable bonds is 9. The summed E-state index contributed by atoms with van der Waals surface area (Å²) in [5.74, 6) is 0.126. The van der Waals surface area contributed by atoms with Crippen molar-refractivity contribution in [1.82, 2.24) is 10.2 Å². The van der Waals surface area contributed by atoms with Gasteiger partial charge in [0, 0.05) is 23.5 Å². The Kier molecular flexibility index (Phi) is 9.39. The Morgan fingerprint density at radius 3 is 2.53 bits per heavy atom. The first-order valence-electron chi connectivity index (χ1n) is 16.8. The van der Waals surface area contributed by atoms with Crippen molar-refractivity contribution < 1.29 is 23.5 Å². The molecule has 8 nitrogen and oxygen atoms in total. The number of hydrogen-bond acceptors (Lipinski definition) is 6. The lowest BCUT2D eigenvalue weighted by Gasteiger charge is -2.39. The molecule has 0 radical (unpaired) electrons. The van der Waals surface area contributed by atoms with E-state index in [0.717, 1.165) is 68.6 Å². The normalized spacial score (nSPS) is 28.4. The van der Waals surface area contributed by atoms with Gasteiger partial charge in [-0.15, -0.1) is 0 Å². The molecule has 4 fully saturated rings.